The molecule has 9 unspecified atom stereocenters. The second-order valence-corrected chi connectivity index (χ2v) is 10.4. The molecule has 4 fully saturated rings. The van der Waals surface area contributed by atoms with Gasteiger partial charge in [-0.15, -0.1) is 0 Å². The van der Waals surface area contributed by atoms with Gasteiger partial charge in [-0.2, -0.15) is 0 Å². The van der Waals surface area contributed by atoms with Crippen molar-refractivity contribution in [3.63, 3.8) is 0 Å². The van der Waals surface area contributed by atoms with E-state index in [1.54, 1.807) is 0 Å². The van der Waals surface area contributed by atoms with Crippen LogP contribution in [-0.4, -0.2) is 147 Å². The monoisotopic (exact) mass is 556 g/mol. The van der Waals surface area contributed by atoms with Gasteiger partial charge in [0, 0.05) is 25.4 Å². The summed E-state index contributed by atoms with van der Waals surface area (Å²) in [6.45, 7) is 2.06. The Morgan fingerprint density at radius 1 is 0.737 bits per heavy atom. The quantitative estimate of drug-likeness (QED) is 0.155. The molecule has 9 N–H and O–H groups in total. The Labute approximate surface area is 223 Å². The highest BCUT2D eigenvalue weighted by Gasteiger charge is 2.49. The summed E-state index contributed by atoms with van der Waals surface area (Å²) in [5, 5.41) is 83.9. The van der Waals surface area contributed by atoms with Gasteiger partial charge < -0.3 is 64.9 Å². The van der Waals surface area contributed by atoms with E-state index in [9.17, 15) is 25.5 Å². The highest BCUT2D eigenvalue weighted by atomic mass is 16.7. The van der Waals surface area contributed by atoms with Crippen molar-refractivity contribution >= 4 is 0 Å². The van der Waals surface area contributed by atoms with Gasteiger partial charge in [-0.3, -0.25) is 0 Å². The number of hydrogen-bond donors (Lipinski definition) is 9. The van der Waals surface area contributed by atoms with Crippen LogP contribution in [0, 0.1) is 11.8 Å². The van der Waals surface area contributed by atoms with Crippen molar-refractivity contribution in [2.24, 2.45) is 11.8 Å². The van der Waals surface area contributed by atoms with Crippen LogP contribution in [0.2, 0.25) is 0 Å². The molecule has 0 bridgehead atoms. The summed E-state index contributed by atoms with van der Waals surface area (Å²) in [6.07, 6.45) is -3.24. The van der Waals surface area contributed by atoms with E-state index < -0.39 is 55.1 Å². The molecule has 4 rings (SSSR count). The molecule has 0 aromatic carbocycles. The van der Waals surface area contributed by atoms with Crippen LogP contribution in [-0.2, 0) is 18.9 Å². The molecule has 0 spiro atoms. The largest absolute Gasteiger partial charge is 0.396 e. The van der Waals surface area contributed by atoms with Crippen LogP contribution in [0.3, 0.4) is 0 Å². The third-order valence-electron chi connectivity index (χ3n) is 7.41. The van der Waals surface area contributed by atoms with Gasteiger partial charge >= 0.3 is 0 Å². The van der Waals surface area contributed by atoms with Crippen molar-refractivity contribution in [1.29, 1.82) is 0 Å². The first-order valence-electron chi connectivity index (χ1n) is 13.6. The topological polar surface area (TPSA) is 219 Å². The molecule has 4 aliphatic rings. The first kappa shape index (κ1) is 33.7. The maximum absolute atomic E-state index is 10.5. The third kappa shape index (κ3) is 9.84. The van der Waals surface area contributed by atoms with Crippen LogP contribution >= 0.6 is 0 Å². The summed E-state index contributed by atoms with van der Waals surface area (Å²) in [5.41, 5.74) is 0. The molecule has 13 nitrogen and oxygen atoms in total. The molecule has 3 saturated heterocycles. The molecule has 13 heteroatoms. The second kappa shape index (κ2) is 17.3. The molecule has 0 radical (unpaired) electrons. The standard InChI is InChI=1S/C16H28O8.C6H12O4.C3H8O/c17-5-12-14(20)13(8-2-1-3-8)15(21)16(24-12)23-6-9-4-10(18)11(19)7-22-9;7-2-4-1-5(8)6(9)3-10-4;1-2-3-4/h8-21H,1-7H2;4-9H,1-3H2;4H,2-3H2,1H3/t9?,10?,11?,12?,13?,14-,15?,16+;;/m1../s1. The lowest BCUT2D eigenvalue weighted by Gasteiger charge is -2.47. The summed E-state index contributed by atoms with van der Waals surface area (Å²) in [4.78, 5) is 0. The Morgan fingerprint density at radius 2 is 1.29 bits per heavy atom. The number of aliphatic hydroxyl groups is 9. The van der Waals surface area contributed by atoms with Crippen molar-refractivity contribution in [3.8, 4) is 0 Å². The molecule has 38 heavy (non-hydrogen) atoms. The first-order chi connectivity index (χ1) is 18.2. The predicted molar refractivity (Wildman–Crippen MR) is 132 cm³/mol. The van der Waals surface area contributed by atoms with Crippen LogP contribution in [0.5, 0.6) is 0 Å². The highest BCUT2D eigenvalue weighted by molar-refractivity contribution is 4.95. The van der Waals surface area contributed by atoms with E-state index in [0.717, 1.165) is 25.7 Å². The van der Waals surface area contributed by atoms with Crippen LogP contribution in [0.15, 0.2) is 0 Å². The summed E-state index contributed by atoms with van der Waals surface area (Å²) < 4.78 is 21.5. The summed E-state index contributed by atoms with van der Waals surface area (Å²) in [6, 6.07) is 0. The molecule has 0 aromatic rings. The van der Waals surface area contributed by atoms with Gasteiger partial charge in [-0.1, -0.05) is 13.3 Å². The van der Waals surface area contributed by atoms with Gasteiger partial charge in [0.25, 0.3) is 0 Å². The summed E-state index contributed by atoms with van der Waals surface area (Å²) >= 11 is 0. The molecule has 0 amide bonds. The zero-order chi connectivity index (χ0) is 28.2. The van der Waals surface area contributed by atoms with Gasteiger partial charge in [0.1, 0.15) is 24.4 Å². The SMILES string of the molecule is CCCO.OCC1CC(O)C(O)CO1.OCC1O[C@H](OCC2CC(O)C(O)CO2)C(O)C(C2CCC2)[C@@H]1O. The molecular weight excluding hydrogens is 508 g/mol. The predicted octanol–water partition coefficient (Wildman–Crippen LogP) is -2.75. The molecule has 3 aliphatic heterocycles. The van der Waals surface area contributed by atoms with E-state index in [2.05, 4.69) is 0 Å². The van der Waals surface area contributed by atoms with Gasteiger partial charge in [0.05, 0.1) is 63.6 Å². The molecule has 1 aliphatic carbocycles. The van der Waals surface area contributed by atoms with Crippen molar-refractivity contribution in [1.82, 2.24) is 0 Å². The van der Waals surface area contributed by atoms with Crippen LogP contribution < -0.4 is 0 Å². The second-order valence-electron chi connectivity index (χ2n) is 10.4. The highest BCUT2D eigenvalue weighted by Crippen LogP contribution is 2.41. The van der Waals surface area contributed by atoms with E-state index >= 15 is 0 Å². The van der Waals surface area contributed by atoms with E-state index in [0.29, 0.717) is 13.0 Å². The Kier molecular flexibility index (Phi) is 15.4. The van der Waals surface area contributed by atoms with Gasteiger partial charge in [-0.25, -0.2) is 0 Å². The fraction of sp³-hybridized carbons (Fsp3) is 1.00. The average molecular weight is 557 g/mol. The van der Waals surface area contributed by atoms with Crippen molar-refractivity contribution in [2.75, 3.05) is 39.6 Å². The van der Waals surface area contributed by atoms with Crippen molar-refractivity contribution in [2.45, 2.75) is 107 Å². The van der Waals surface area contributed by atoms with Gasteiger partial charge in [-0.05, 0) is 25.2 Å². The Morgan fingerprint density at radius 3 is 1.74 bits per heavy atom. The Bertz CT molecular complexity index is 622. The van der Waals surface area contributed by atoms with E-state index in [1.807, 2.05) is 6.92 Å². The third-order valence-corrected chi connectivity index (χ3v) is 7.41. The molecule has 3 heterocycles. The van der Waals surface area contributed by atoms with Crippen molar-refractivity contribution in [3.05, 3.63) is 0 Å². The molecular formula is C25H48O13. The van der Waals surface area contributed by atoms with Crippen LogP contribution in [0.1, 0.15) is 45.4 Å². The van der Waals surface area contributed by atoms with Crippen LogP contribution in [0.25, 0.3) is 0 Å². The zero-order valence-corrected chi connectivity index (χ0v) is 22.1. The Hall–Kier alpha value is -0.520. The Balaban J connectivity index is 0.000000299. The minimum absolute atomic E-state index is 0.0337. The molecule has 11 atom stereocenters. The average Bonchev–Trinajstić information content (AvgIpc) is 2.89. The van der Waals surface area contributed by atoms with Gasteiger partial charge in [0.2, 0.25) is 0 Å². The lowest BCUT2D eigenvalue weighted by atomic mass is 9.69. The fourth-order valence-electron chi connectivity index (χ4n) is 4.76. The summed E-state index contributed by atoms with van der Waals surface area (Å²) in [7, 11) is 0. The number of aliphatic hydroxyl groups excluding tert-OH is 9. The number of rotatable bonds is 7. The number of hydrogen-bond acceptors (Lipinski definition) is 13. The molecule has 0 aromatic heterocycles. The van der Waals surface area contributed by atoms with E-state index in [1.165, 1.54) is 0 Å². The fourth-order valence-corrected chi connectivity index (χ4v) is 4.76. The van der Waals surface area contributed by atoms with Gasteiger partial charge in [0.15, 0.2) is 6.29 Å². The maximum Gasteiger partial charge on any atom is 0.184 e. The molecule has 1 saturated carbocycles. The minimum atomic E-state index is -0.979. The number of ether oxygens (including phenoxy) is 4. The normalized spacial score (nSPS) is 41.7. The first-order valence-corrected chi connectivity index (χ1v) is 13.6. The zero-order valence-electron chi connectivity index (χ0n) is 22.1. The lowest BCUT2D eigenvalue weighted by molar-refractivity contribution is -0.305. The van der Waals surface area contributed by atoms with Crippen LogP contribution in [0.4, 0.5) is 0 Å². The minimum Gasteiger partial charge on any atom is -0.396 e. The van der Waals surface area contributed by atoms with Crippen molar-refractivity contribution < 1.29 is 64.9 Å². The molecule has 226 valence electrons. The van der Waals surface area contributed by atoms with E-state index in [4.69, 9.17) is 39.4 Å². The lowest BCUT2D eigenvalue weighted by Crippen LogP contribution is -2.59. The summed E-state index contributed by atoms with van der Waals surface area (Å²) in [5.74, 6) is -0.170. The maximum atomic E-state index is 10.5. The smallest absolute Gasteiger partial charge is 0.184 e. The van der Waals surface area contributed by atoms with E-state index in [-0.39, 0.29) is 57.4 Å².